The first-order valence-corrected chi connectivity index (χ1v) is 16.3. The van der Waals surface area contributed by atoms with E-state index >= 15 is 0 Å². The maximum atomic E-state index is 11.7. The smallest absolute Gasteiger partial charge is 0.162 e. The third-order valence-corrected chi connectivity index (χ3v) is 9.63. The van der Waals surface area contributed by atoms with Gasteiger partial charge < -0.3 is 9.52 Å². The van der Waals surface area contributed by atoms with E-state index in [0.717, 1.165) is 59.0 Å². The normalized spacial score (nSPS) is 13.7. The molecule has 1 aliphatic carbocycles. The molecular formula is C40H46IrNO3-. The Balaban J connectivity index is 0.000000249. The number of furan rings is 1. The summed E-state index contributed by atoms with van der Waals surface area (Å²) in [6.45, 7) is 17.1. The van der Waals surface area contributed by atoms with E-state index in [2.05, 4.69) is 76.2 Å². The Hall–Kier alpha value is -3.27. The topological polar surface area (TPSA) is 63.3 Å². The largest absolute Gasteiger partial charge is 0.512 e. The van der Waals surface area contributed by atoms with Gasteiger partial charge >= 0.3 is 0 Å². The Morgan fingerprint density at radius 3 is 2.22 bits per heavy atom. The van der Waals surface area contributed by atoms with Crippen LogP contribution in [0.1, 0.15) is 104 Å². The second-order valence-electron chi connectivity index (χ2n) is 13.0. The molecule has 1 aliphatic rings. The van der Waals surface area contributed by atoms with Crippen molar-refractivity contribution < 1.29 is 34.4 Å². The first-order valence-electron chi connectivity index (χ1n) is 16.3. The van der Waals surface area contributed by atoms with Crippen LogP contribution in [-0.4, -0.2) is 15.9 Å². The molecule has 1 N–H and O–H groups in total. The molecule has 2 aromatic heterocycles. The van der Waals surface area contributed by atoms with Crippen LogP contribution in [-0.2, 0) is 30.3 Å². The van der Waals surface area contributed by atoms with Gasteiger partial charge in [-0.25, -0.2) is 0 Å². The van der Waals surface area contributed by atoms with Crippen LogP contribution >= 0.6 is 0 Å². The molecule has 5 heteroatoms. The molecule has 3 aromatic carbocycles. The van der Waals surface area contributed by atoms with Crippen molar-refractivity contribution in [1.29, 1.82) is 0 Å². The van der Waals surface area contributed by atoms with E-state index in [1.807, 2.05) is 39.8 Å². The van der Waals surface area contributed by atoms with Crippen molar-refractivity contribution in [2.45, 2.75) is 92.4 Å². The minimum absolute atomic E-state index is 0. The number of benzene rings is 3. The van der Waals surface area contributed by atoms with Gasteiger partial charge in [-0.1, -0.05) is 96.7 Å². The number of carbonyl (C=O) groups excluding carboxylic acids is 1. The van der Waals surface area contributed by atoms with Crippen molar-refractivity contribution >= 4 is 38.6 Å². The zero-order valence-corrected chi connectivity index (χ0v) is 30.3. The fourth-order valence-corrected chi connectivity index (χ4v) is 6.66. The average Bonchev–Trinajstić information content (AvgIpc) is 3.37. The van der Waals surface area contributed by atoms with Crippen molar-refractivity contribution in [2.75, 3.05) is 0 Å². The summed E-state index contributed by atoms with van der Waals surface area (Å²) >= 11 is 0. The second kappa shape index (κ2) is 14.0. The molecule has 2 heterocycles. The summed E-state index contributed by atoms with van der Waals surface area (Å²) in [7, 11) is 0. The van der Waals surface area contributed by atoms with Crippen LogP contribution < -0.4 is 0 Å². The first-order chi connectivity index (χ1) is 21.0. The molecular weight excluding hydrogens is 735 g/mol. The third-order valence-electron chi connectivity index (χ3n) is 9.63. The van der Waals surface area contributed by atoms with Crippen molar-refractivity contribution in [1.82, 2.24) is 4.98 Å². The fraction of sp³-hybridized carbons (Fsp3) is 0.400. The number of fused-ring (bicyclic) bond motifs is 3. The number of carbonyl (C=O) groups is 1. The number of aromatic nitrogens is 1. The molecule has 239 valence electrons. The SMILES string of the molecule is CC(C)c1ccc2nc3c(cc2c1)C(C)(C)c1cccc2oc4cc[c-]c-3c4c12.CCC(CC)C(=O)/C=C(\O)C(CC)CC.[Ir]. The number of hydrogen-bond acceptors (Lipinski definition) is 4. The maximum Gasteiger partial charge on any atom is 0.162 e. The summed E-state index contributed by atoms with van der Waals surface area (Å²) in [5.41, 5.74) is 8.61. The van der Waals surface area contributed by atoms with Gasteiger partial charge in [0, 0.05) is 43.4 Å². The van der Waals surface area contributed by atoms with E-state index in [4.69, 9.17) is 9.40 Å². The number of nitrogens with zero attached hydrogens (tertiary/aromatic N) is 1. The van der Waals surface area contributed by atoms with E-state index in [0.29, 0.717) is 5.92 Å². The molecule has 0 bridgehead atoms. The van der Waals surface area contributed by atoms with Crippen molar-refractivity contribution in [3.8, 4) is 11.3 Å². The molecule has 45 heavy (non-hydrogen) atoms. The van der Waals surface area contributed by atoms with Gasteiger partial charge in [-0.15, -0.1) is 17.7 Å². The number of allylic oxidation sites excluding steroid dienone is 2. The van der Waals surface area contributed by atoms with Crippen LogP contribution in [0.2, 0.25) is 0 Å². The summed E-state index contributed by atoms with van der Waals surface area (Å²) < 4.78 is 6.20. The molecule has 0 unspecified atom stereocenters. The van der Waals surface area contributed by atoms with E-state index in [1.165, 1.54) is 33.5 Å². The Bertz CT molecular complexity index is 1850. The van der Waals surface area contributed by atoms with Gasteiger partial charge in [-0.2, -0.15) is 0 Å². The van der Waals surface area contributed by atoms with Crippen LogP contribution in [0, 0.1) is 17.9 Å². The van der Waals surface area contributed by atoms with E-state index < -0.39 is 0 Å². The average molecular weight is 781 g/mol. The summed E-state index contributed by atoms with van der Waals surface area (Å²) in [5.74, 6) is 1.04. The second-order valence-corrected chi connectivity index (χ2v) is 13.0. The third kappa shape index (κ3) is 6.40. The zero-order valence-electron chi connectivity index (χ0n) is 27.9. The minimum Gasteiger partial charge on any atom is -0.512 e. The maximum absolute atomic E-state index is 11.7. The zero-order chi connectivity index (χ0) is 31.8. The quantitative estimate of drug-likeness (QED) is 0.0968. The van der Waals surface area contributed by atoms with Crippen molar-refractivity contribution in [2.24, 2.45) is 11.8 Å². The molecule has 0 amide bonds. The van der Waals surface area contributed by atoms with Gasteiger partial charge in [0.1, 0.15) is 5.58 Å². The minimum atomic E-state index is -0.201. The van der Waals surface area contributed by atoms with Crippen LogP contribution in [0.3, 0.4) is 0 Å². The Labute approximate surface area is 281 Å². The summed E-state index contributed by atoms with van der Waals surface area (Å²) in [6, 6.07) is 22.8. The molecule has 4 nitrogen and oxygen atoms in total. The van der Waals surface area contributed by atoms with E-state index in [1.54, 1.807) is 0 Å². The fourth-order valence-electron chi connectivity index (χ4n) is 6.66. The molecule has 6 rings (SSSR count). The molecule has 0 fully saturated rings. The van der Waals surface area contributed by atoms with Crippen molar-refractivity contribution in [3.05, 3.63) is 89.2 Å². The van der Waals surface area contributed by atoms with Crippen molar-refractivity contribution in [3.63, 3.8) is 0 Å². The first kappa shape index (κ1) is 34.6. The number of ketones is 1. The van der Waals surface area contributed by atoms with Gasteiger partial charge in [0.15, 0.2) is 5.78 Å². The molecule has 0 aliphatic heterocycles. The predicted octanol–water partition coefficient (Wildman–Crippen LogP) is 11.2. The van der Waals surface area contributed by atoms with Crippen LogP contribution in [0.25, 0.3) is 44.1 Å². The van der Waals surface area contributed by atoms with Gasteiger partial charge in [0.05, 0.1) is 16.9 Å². The van der Waals surface area contributed by atoms with E-state index in [-0.39, 0.29) is 48.9 Å². The van der Waals surface area contributed by atoms with Gasteiger partial charge in [-0.05, 0) is 77.4 Å². The van der Waals surface area contributed by atoms with Crippen LogP contribution in [0.4, 0.5) is 0 Å². The van der Waals surface area contributed by atoms with Gasteiger partial charge in [0.2, 0.25) is 0 Å². The monoisotopic (exact) mass is 781 g/mol. The molecule has 0 atom stereocenters. The predicted molar refractivity (Wildman–Crippen MR) is 183 cm³/mol. The standard InChI is InChI=1S/C27H22NO.C13H24O2.Ir/c1-15(2)16-11-12-21-17(13-16)14-20-26(28-21)18-7-5-9-22-24(18)25-19(27(20,3)4)8-6-10-23(25)29-22;1-5-10(6-2)12(14)9-13(15)11(7-3)8-4;/h5-6,8-15H,1-4H3;9-11,14H,5-8H2,1-4H3;/q-1;;/b;12-9-;. The van der Waals surface area contributed by atoms with Gasteiger partial charge in [0.25, 0.3) is 0 Å². The summed E-state index contributed by atoms with van der Waals surface area (Å²) in [5, 5.41) is 13.3. The summed E-state index contributed by atoms with van der Waals surface area (Å²) in [6.07, 6.45) is 4.91. The van der Waals surface area contributed by atoms with E-state index in [9.17, 15) is 9.90 Å². The number of hydrogen-bond donors (Lipinski definition) is 1. The van der Waals surface area contributed by atoms with Gasteiger partial charge in [-0.3, -0.25) is 9.78 Å². The number of aliphatic hydroxyl groups is 1. The Morgan fingerprint density at radius 2 is 1.58 bits per heavy atom. The number of pyridine rings is 1. The molecule has 0 spiro atoms. The molecule has 0 saturated heterocycles. The molecule has 1 radical (unpaired) electrons. The van der Waals surface area contributed by atoms with Crippen LogP contribution in [0.15, 0.2) is 70.8 Å². The number of rotatable bonds is 8. The molecule has 0 saturated carbocycles. The molecule has 5 aromatic rings. The Kier molecular flexibility index (Phi) is 10.8. The summed E-state index contributed by atoms with van der Waals surface area (Å²) in [4.78, 5) is 16.9. The Morgan fingerprint density at radius 1 is 0.911 bits per heavy atom. The van der Waals surface area contributed by atoms with Crippen LogP contribution in [0.5, 0.6) is 0 Å². The number of aliphatic hydroxyl groups excluding tert-OH is 1.